The minimum absolute atomic E-state index is 0.0545. The van der Waals surface area contributed by atoms with Crippen LogP contribution >= 0.6 is 0 Å². The fraction of sp³-hybridized carbons (Fsp3) is 0.526. The monoisotopic (exact) mass is 352 g/mol. The molecule has 0 atom stereocenters. The molecule has 7 nitrogen and oxygen atoms in total. The Morgan fingerprint density at radius 3 is 2.54 bits per heavy atom. The van der Waals surface area contributed by atoms with Gasteiger partial charge in [0.15, 0.2) is 11.5 Å². The van der Waals surface area contributed by atoms with E-state index in [9.17, 15) is 10.1 Å². The number of hydrogen-bond donors (Lipinski definition) is 0. The van der Waals surface area contributed by atoms with Crippen LogP contribution in [-0.2, 0) is 12.0 Å². The van der Waals surface area contributed by atoms with Crippen molar-refractivity contribution in [1.29, 1.82) is 5.26 Å². The summed E-state index contributed by atoms with van der Waals surface area (Å²) in [5, 5.41) is 13.8. The number of piperidine rings is 1. The summed E-state index contributed by atoms with van der Waals surface area (Å²) in [7, 11) is 0. The van der Waals surface area contributed by atoms with E-state index in [1.165, 1.54) is 6.20 Å². The van der Waals surface area contributed by atoms with E-state index in [-0.39, 0.29) is 11.0 Å². The van der Waals surface area contributed by atoms with Crippen molar-refractivity contribution in [2.45, 2.75) is 45.6 Å². The van der Waals surface area contributed by atoms with Crippen molar-refractivity contribution >= 4 is 5.82 Å². The largest absolute Gasteiger partial charge is 0.354 e. The van der Waals surface area contributed by atoms with Crippen LogP contribution in [0.25, 0.3) is 0 Å². The summed E-state index contributed by atoms with van der Waals surface area (Å²) < 4.78 is 1.60. The van der Waals surface area contributed by atoms with Crippen molar-refractivity contribution in [1.82, 2.24) is 19.7 Å². The van der Waals surface area contributed by atoms with E-state index in [0.717, 1.165) is 31.6 Å². The second kappa shape index (κ2) is 7.24. The predicted molar refractivity (Wildman–Crippen MR) is 98.9 cm³/mol. The molecule has 3 rings (SSSR count). The van der Waals surface area contributed by atoms with Gasteiger partial charge >= 0.3 is 0 Å². The highest BCUT2D eigenvalue weighted by Crippen LogP contribution is 2.24. The molecule has 0 spiro atoms. The van der Waals surface area contributed by atoms with Gasteiger partial charge in [-0.1, -0.05) is 20.8 Å². The molecule has 2 aromatic heterocycles. The Hall–Kier alpha value is -2.75. The van der Waals surface area contributed by atoms with Crippen LogP contribution in [0.4, 0.5) is 5.82 Å². The summed E-state index contributed by atoms with van der Waals surface area (Å²) in [6, 6.07) is 5.53. The van der Waals surface area contributed by atoms with Crippen LogP contribution in [0.5, 0.6) is 0 Å². The molecule has 26 heavy (non-hydrogen) atoms. The van der Waals surface area contributed by atoms with Gasteiger partial charge in [-0.2, -0.15) is 10.4 Å². The Bertz CT molecular complexity index is 869. The second-order valence-corrected chi connectivity index (χ2v) is 7.76. The lowest BCUT2D eigenvalue weighted by Gasteiger charge is -2.33. The van der Waals surface area contributed by atoms with Crippen molar-refractivity contribution in [2.24, 2.45) is 5.92 Å². The molecule has 136 valence electrons. The summed E-state index contributed by atoms with van der Waals surface area (Å²) >= 11 is 0. The van der Waals surface area contributed by atoms with E-state index in [4.69, 9.17) is 0 Å². The van der Waals surface area contributed by atoms with Crippen molar-refractivity contribution < 1.29 is 0 Å². The first-order chi connectivity index (χ1) is 12.4. The number of hydrogen-bond acceptors (Lipinski definition) is 6. The Morgan fingerprint density at radius 1 is 1.19 bits per heavy atom. The Labute approximate surface area is 153 Å². The standard InChI is InChI=1S/C19H24N6O/c1-19(2,3)16-4-5-17(26)25(23-16)13-14-6-10-24(11-7-14)18-15(12-20)21-8-9-22-18/h4-5,8-9,14H,6-7,10-11,13H2,1-3H3. The normalized spacial score (nSPS) is 15.7. The maximum Gasteiger partial charge on any atom is 0.266 e. The zero-order valence-corrected chi connectivity index (χ0v) is 15.5. The molecule has 1 aliphatic rings. The van der Waals surface area contributed by atoms with Gasteiger partial charge in [0.25, 0.3) is 5.56 Å². The summed E-state index contributed by atoms with van der Waals surface area (Å²) in [5.74, 6) is 1.03. The molecule has 0 unspecified atom stereocenters. The van der Waals surface area contributed by atoms with Gasteiger partial charge in [0, 0.05) is 43.5 Å². The van der Waals surface area contributed by atoms with E-state index < -0.39 is 0 Å². The first kappa shape index (κ1) is 18.1. The quantitative estimate of drug-likeness (QED) is 0.841. The van der Waals surface area contributed by atoms with E-state index in [2.05, 4.69) is 46.8 Å². The predicted octanol–water partition coefficient (Wildman–Crippen LogP) is 2.12. The summed E-state index contributed by atoms with van der Waals surface area (Å²) in [6.45, 7) is 8.50. The first-order valence-corrected chi connectivity index (χ1v) is 8.93. The van der Waals surface area contributed by atoms with Crippen LogP contribution in [-0.4, -0.2) is 32.8 Å². The maximum absolute atomic E-state index is 12.2. The van der Waals surface area contributed by atoms with E-state index >= 15 is 0 Å². The van der Waals surface area contributed by atoms with Crippen molar-refractivity contribution in [2.75, 3.05) is 18.0 Å². The lowest BCUT2D eigenvalue weighted by Crippen LogP contribution is -2.38. The van der Waals surface area contributed by atoms with Gasteiger partial charge in [0.1, 0.15) is 6.07 Å². The van der Waals surface area contributed by atoms with Gasteiger partial charge in [0.05, 0.1) is 5.69 Å². The zero-order valence-electron chi connectivity index (χ0n) is 15.5. The van der Waals surface area contributed by atoms with Crippen LogP contribution in [0, 0.1) is 17.2 Å². The van der Waals surface area contributed by atoms with Gasteiger partial charge in [-0.3, -0.25) is 4.79 Å². The highest BCUT2D eigenvalue weighted by molar-refractivity contribution is 5.49. The third-order valence-electron chi connectivity index (χ3n) is 4.77. The first-order valence-electron chi connectivity index (χ1n) is 8.93. The molecular weight excluding hydrogens is 328 g/mol. The minimum Gasteiger partial charge on any atom is -0.354 e. The van der Waals surface area contributed by atoms with Gasteiger partial charge in [-0.15, -0.1) is 0 Å². The van der Waals surface area contributed by atoms with Crippen LogP contribution in [0.2, 0.25) is 0 Å². The molecule has 0 N–H and O–H groups in total. The molecule has 0 bridgehead atoms. The van der Waals surface area contributed by atoms with Crippen LogP contribution in [0.15, 0.2) is 29.3 Å². The number of rotatable bonds is 3. The Kier molecular flexibility index (Phi) is 5.03. The van der Waals surface area contributed by atoms with E-state index in [0.29, 0.717) is 24.0 Å². The van der Waals surface area contributed by atoms with Crippen molar-refractivity contribution in [3.63, 3.8) is 0 Å². The van der Waals surface area contributed by atoms with E-state index in [1.807, 2.05) is 6.07 Å². The fourth-order valence-corrected chi connectivity index (χ4v) is 3.19. The lowest BCUT2D eigenvalue weighted by molar-refractivity contribution is 0.329. The average Bonchev–Trinajstić information content (AvgIpc) is 2.63. The highest BCUT2D eigenvalue weighted by atomic mass is 16.1. The Morgan fingerprint density at radius 2 is 1.88 bits per heavy atom. The minimum atomic E-state index is -0.0848. The van der Waals surface area contributed by atoms with E-state index in [1.54, 1.807) is 16.9 Å². The molecule has 2 aromatic rings. The molecule has 0 radical (unpaired) electrons. The number of aromatic nitrogens is 4. The molecule has 0 amide bonds. The van der Waals surface area contributed by atoms with Gasteiger partial charge < -0.3 is 4.90 Å². The molecule has 0 aromatic carbocycles. The molecule has 3 heterocycles. The topological polar surface area (TPSA) is 87.7 Å². The molecular formula is C19H24N6O. The Balaban J connectivity index is 1.68. The molecule has 0 saturated carbocycles. The molecule has 0 aliphatic carbocycles. The number of nitriles is 1. The number of nitrogens with zero attached hydrogens (tertiary/aromatic N) is 6. The van der Waals surface area contributed by atoms with Gasteiger partial charge in [-0.25, -0.2) is 14.6 Å². The maximum atomic E-state index is 12.2. The fourth-order valence-electron chi connectivity index (χ4n) is 3.19. The molecule has 1 saturated heterocycles. The van der Waals surface area contributed by atoms with Gasteiger partial charge in [-0.05, 0) is 24.8 Å². The average molecular weight is 352 g/mol. The SMILES string of the molecule is CC(C)(C)c1ccc(=O)n(CC2CCN(c3nccnc3C#N)CC2)n1. The zero-order chi connectivity index (χ0) is 18.7. The lowest BCUT2D eigenvalue weighted by atomic mass is 9.92. The smallest absolute Gasteiger partial charge is 0.266 e. The van der Waals surface area contributed by atoms with Crippen LogP contribution in [0.3, 0.4) is 0 Å². The summed E-state index contributed by atoms with van der Waals surface area (Å²) in [6.07, 6.45) is 5.00. The second-order valence-electron chi connectivity index (χ2n) is 7.76. The third-order valence-corrected chi connectivity index (χ3v) is 4.77. The van der Waals surface area contributed by atoms with Crippen molar-refractivity contribution in [3.8, 4) is 6.07 Å². The summed E-state index contributed by atoms with van der Waals surface area (Å²) in [5.41, 5.74) is 1.15. The van der Waals surface area contributed by atoms with Crippen LogP contribution in [0.1, 0.15) is 45.0 Å². The molecule has 1 fully saturated rings. The molecule has 7 heteroatoms. The molecule has 1 aliphatic heterocycles. The van der Waals surface area contributed by atoms with Gasteiger partial charge in [0.2, 0.25) is 0 Å². The number of anilines is 1. The van der Waals surface area contributed by atoms with Crippen molar-refractivity contribution in [3.05, 3.63) is 46.3 Å². The highest BCUT2D eigenvalue weighted by Gasteiger charge is 2.24. The summed E-state index contributed by atoms with van der Waals surface area (Å²) in [4.78, 5) is 22.7. The third kappa shape index (κ3) is 3.90. The van der Waals surface area contributed by atoms with Crippen LogP contribution < -0.4 is 10.5 Å².